The van der Waals surface area contributed by atoms with Gasteiger partial charge in [-0.1, -0.05) is 16.8 Å². The van der Waals surface area contributed by atoms with E-state index in [0.29, 0.717) is 17.9 Å². The fourth-order valence-corrected chi connectivity index (χ4v) is 2.48. The van der Waals surface area contributed by atoms with Gasteiger partial charge in [0.05, 0.1) is 11.3 Å². The Morgan fingerprint density at radius 1 is 1.35 bits per heavy atom. The molecule has 0 saturated heterocycles. The van der Waals surface area contributed by atoms with E-state index in [9.17, 15) is 4.39 Å². The minimum absolute atomic E-state index is 0.0101. The van der Waals surface area contributed by atoms with Crippen LogP contribution in [0.2, 0.25) is 5.02 Å². The van der Waals surface area contributed by atoms with Crippen LogP contribution in [0.15, 0.2) is 41.5 Å². The van der Waals surface area contributed by atoms with Gasteiger partial charge in [-0.2, -0.15) is 0 Å². The predicted molar refractivity (Wildman–Crippen MR) is 94.7 cm³/mol. The van der Waals surface area contributed by atoms with Crippen LogP contribution < -0.4 is 10.6 Å². The van der Waals surface area contributed by atoms with Gasteiger partial charge in [0.25, 0.3) is 0 Å². The Balaban J connectivity index is 1.50. The average Bonchev–Trinajstić information content (AvgIpc) is 3.29. The van der Waals surface area contributed by atoms with E-state index in [2.05, 4.69) is 25.9 Å². The molecule has 1 aromatic carbocycles. The van der Waals surface area contributed by atoms with Gasteiger partial charge >= 0.3 is 0 Å². The summed E-state index contributed by atoms with van der Waals surface area (Å²) < 4.78 is 19.9. The third kappa shape index (κ3) is 4.64. The van der Waals surface area contributed by atoms with E-state index >= 15 is 0 Å². The second-order valence-corrected chi connectivity index (χ2v) is 5.93. The monoisotopic (exact) mass is 377 g/mol. The molecule has 0 saturated carbocycles. The summed E-state index contributed by atoms with van der Waals surface area (Å²) in [7, 11) is 0. The van der Waals surface area contributed by atoms with Crippen LogP contribution in [-0.2, 0) is 13.1 Å². The summed E-state index contributed by atoms with van der Waals surface area (Å²) in [5, 5.41) is 21.7. The number of benzene rings is 1. The van der Waals surface area contributed by atoms with Crippen molar-refractivity contribution in [3.05, 3.63) is 59.1 Å². The lowest BCUT2D eigenvalue weighted by molar-refractivity contribution is 0.301. The van der Waals surface area contributed by atoms with Crippen molar-refractivity contribution in [2.45, 2.75) is 19.5 Å². The number of rotatable bonds is 8. The number of hydrogen-bond donors (Lipinski definition) is 3. The SMILES string of the molecule is N=C(Nc1ccc(F)c(Cl)c1)c1nonc1CNCCCn1ccnc1. The zero-order chi connectivity index (χ0) is 18.4. The number of imidazole rings is 1. The summed E-state index contributed by atoms with van der Waals surface area (Å²) in [6.45, 7) is 2.04. The van der Waals surface area contributed by atoms with Crippen molar-refractivity contribution in [1.82, 2.24) is 25.2 Å². The van der Waals surface area contributed by atoms with Gasteiger partial charge in [0, 0.05) is 31.2 Å². The van der Waals surface area contributed by atoms with Crippen molar-refractivity contribution >= 4 is 23.1 Å². The molecule has 0 fully saturated rings. The van der Waals surface area contributed by atoms with Crippen LogP contribution in [0, 0.1) is 11.2 Å². The van der Waals surface area contributed by atoms with Crippen molar-refractivity contribution in [1.29, 1.82) is 5.41 Å². The lowest BCUT2D eigenvalue weighted by atomic mass is 10.2. The van der Waals surface area contributed by atoms with Gasteiger partial charge < -0.3 is 15.2 Å². The molecular weight excluding hydrogens is 361 g/mol. The van der Waals surface area contributed by atoms with Gasteiger partial charge in [0.2, 0.25) is 0 Å². The molecule has 0 unspecified atom stereocenters. The quantitative estimate of drug-likeness (QED) is 0.317. The molecule has 3 aromatic rings. The molecule has 10 heteroatoms. The van der Waals surface area contributed by atoms with Gasteiger partial charge in [0.1, 0.15) is 11.5 Å². The van der Waals surface area contributed by atoms with Crippen LogP contribution in [0.25, 0.3) is 0 Å². The minimum Gasteiger partial charge on any atom is -0.339 e. The number of amidine groups is 1. The summed E-state index contributed by atoms with van der Waals surface area (Å²) in [5.74, 6) is -0.531. The maximum Gasteiger partial charge on any atom is 0.174 e. The average molecular weight is 378 g/mol. The Labute approximate surface area is 153 Å². The van der Waals surface area contributed by atoms with Crippen molar-refractivity contribution in [2.75, 3.05) is 11.9 Å². The molecule has 0 aliphatic carbocycles. The van der Waals surface area contributed by atoms with Crippen LogP contribution in [0.4, 0.5) is 10.1 Å². The summed E-state index contributed by atoms with van der Waals surface area (Å²) >= 11 is 5.74. The van der Waals surface area contributed by atoms with Crippen LogP contribution in [0.1, 0.15) is 17.8 Å². The maximum absolute atomic E-state index is 13.2. The fraction of sp³-hybridized carbons (Fsp3) is 0.250. The van der Waals surface area contributed by atoms with Crippen molar-refractivity contribution < 1.29 is 9.02 Å². The molecule has 26 heavy (non-hydrogen) atoms. The van der Waals surface area contributed by atoms with Gasteiger partial charge in [-0.15, -0.1) is 0 Å². The highest BCUT2D eigenvalue weighted by Crippen LogP contribution is 2.20. The maximum atomic E-state index is 13.2. The molecule has 0 bridgehead atoms. The van der Waals surface area contributed by atoms with E-state index in [1.54, 1.807) is 12.5 Å². The lowest BCUT2D eigenvalue weighted by Crippen LogP contribution is -2.20. The molecule has 136 valence electrons. The van der Waals surface area contributed by atoms with Gasteiger partial charge in [-0.3, -0.25) is 5.41 Å². The second-order valence-electron chi connectivity index (χ2n) is 5.52. The summed E-state index contributed by atoms with van der Waals surface area (Å²) in [4.78, 5) is 3.99. The fourth-order valence-electron chi connectivity index (χ4n) is 2.30. The minimum atomic E-state index is -0.521. The molecule has 0 amide bonds. The van der Waals surface area contributed by atoms with Crippen LogP contribution >= 0.6 is 11.6 Å². The highest BCUT2D eigenvalue weighted by atomic mass is 35.5. The van der Waals surface area contributed by atoms with Gasteiger partial charge in [0.15, 0.2) is 11.5 Å². The molecule has 3 rings (SSSR count). The number of nitrogens with zero attached hydrogens (tertiary/aromatic N) is 4. The molecule has 8 nitrogen and oxygen atoms in total. The first-order valence-corrected chi connectivity index (χ1v) is 8.30. The number of aryl methyl sites for hydroxylation is 1. The predicted octanol–water partition coefficient (Wildman–Crippen LogP) is 2.68. The van der Waals surface area contributed by atoms with Crippen LogP contribution in [0.5, 0.6) is 0 Å². The second kappa shape index (κ2) is 8.54. The van der Waals surface area contributed by atoms with Crippen molar-refractivity contribution in [2.24, 2.45) is 0 Å². The van der Waals surface area contributed by atoms with E-state index in [4.69, 9.17) is 21.6 Å². The highest BCUT2D eigenvalue weighted by molar-refractivity contribution is 6.31. The van der Waals surface area contributed by atoms with Crippen LogP contribution in [-0.4, -0.2) is 32.2 Å². The van der Waals surface area contributed by atoms with Crippen LogP contribution in [0.3, 0.4) is 0 Å². The molecule has 0 aliphatic rings. The van der Waals surface area contributed by atoms with E-state index in [0.717, 1.165) is 19.5 Å². The topological polar surface area (TPSA) is 105 Å². The number of halogens is 2. The Hall–Kier alpha value is -2.78. The van der Waals surface area contributed by atoms with E-state index in [-0.39, 0.29) is 16.6 Å². The molecule has 3 N–H and O–H groups in total. The first-order valence-electron chi connectivity index (χ1n) is 7.92. The lowest BCUT2D eigenvalue weighted by Gasteiger charge is -2.08. The Morgan fingerprint density at radius 3 is 3.00 bits per heavy atom. The number of aromatic nitrogens is 4. The number of nitrogens with one attached hydrogen (secondary N) is 3. The van der Waals surface area contributed by atoms with E-state index in [1.165, 1.54) is 18.2 Å². The molecule has 2 heterocycles. The normalized spacial score (nSPS) is 10.8. The first-order chi connectivity index (χ1) is 12.6. The Morgan fingerprint density at radius 2 is 2.23 bits per heavy atom. The Bertz CT molecular complexity index is 865. The molecule has 0 atom stereocenters. The molecular formula is C16H17ClFN7O. The summed E-state index contributed by atoms with van der Waals surface area (Å²) in [6, 6.07) is 4.10. The zero-order valence-corrected chi connectivity index (χ0v) is 14.5. The van der Waals surface area contributed by atoms with Gasteiger partial charge in [-0.25, -0.2) is 14.0 Å². The highest BCUT2D eigenvalue weighted by Gasteiger charge is 2.15. The summed E-state index contributed by atoms with van der Waals surface area (Å²) in [5.41, 5.74) is 1.27. The van der Waals surface area contributed by atoms with E-state index in [1.807, 2.05) is 10.8 Å². The van der Waals surface area contributed by atoms with Crippen molar-refractivity contribution in [3.8, 4) is 0 Å². The third-order valence-electron chi connectivity index (χ3n) is 3.60. The largest absolute Gasteiger partial charge is 0.339 e. The summed E-state index contributed by atoms with van der Waals surface area (Å²) in [6.07, 6.45) is 6.34. The molecule has 0 spiro atoms. The number of hydrogen-bond acceptors (Lipinski definition) is 6. The molecule has 0 aliphatic heterocycles. The molecule has 0 radical (unpaired) electrons. The Kier molecular flexibility index (Phi) is 5.92. The van der Waals surface area contributed by atoms with Gasteiger partial charge in [-0.05, 0) is 36.3 Å². The smallest absolute Gasteiger partial charge is 0.174 e. The van der Waals surface area contributed by atoms with E-state index < -0.39 is 5.82 Å². The standard InChI is InChI=1S/C16H17ClFN7O/c17-12-8-11(2-3-13(12)18)22-16(19)15-14(23-26-24-15)9-20-4-1-6-25-7-5-21-10-25/h2-3,5,7-8,10,20H,1,4,6,9H2,(H2,19,22). The van der Waals surface area contributed by atoms with Crippen molar-refractivity contribution in [3.63, 3.8) is 0 Å². The number of anilines is 1. The third-order valence-corrected chi connectivity index (χ3v) is 3.89. The first kappa shape index (κ1) is 18.0. The molecule has 2 aromatic heterocycles. The zero-order valence-electron chi connectivity index (χ0n) is 13.7.